The van der Waals surface area contributed by atoms with Gasteiger partial charge in [-0.15, -0.1) is 0 Å². The molecule has 0 bridgehead atoms. The zero-order valence-electron chi connectivity index (χ0n) is 10.1. The summed E-state index contributed by atoms with van der Waals surface area (Å²) in [6.45, 7) is 2.04. The second kappa shape index (κ2) is 3.43. The highest BCUT2D eigenvalue weighted by Gasteiger charge is 2.39. The second-order valence-electron chi connectivity index (χ2n) is 4.85. The van der Waals surface area contributed by atoms with Gasteiger partial charge in [0.1, 0.15) is 5.69 Å². The highest BCUT2D eigenvalue weighted by molar-refractivity contribution is 5.49. The molecule has 1 aliphatic carbocycles. The summed E-state index contributed by atoms with van der Waals surface area (Å²) in [4.78, 5) is 4.42. The van der Waals surface area contributed by atoms with Gasteiger partial charge in [-0.05, 0) is 38.3 Å². The van der Waals surface area contributed by atoms with Crippen LogP contribution in [-0.2, 0) is 12.6 Å². The van der Waals surface area contributed by atoms with Gasteiger partial charge < -0.3 is 14.8 Å². The normalized spacial score (nSPS) is 18.1. The Morgan fingerprint density at radius 2 is 2.18 bits per heavy atom. The Morgan fingerprint density at radius 3 is 2.71 bits per heavy atom. The van der Waals surface area contributed by atoms with Crippen LogP contribution in [0.1, 0.15) is 30.8 Å². The lowest BCUT2D eigenvalue weighted by atomic mass is 9.77. The van der Waals surface area contributed by atoms with Crippen molar-refractivity contribution in [3.8, 4) is 11.6 Å². The van der Waals surface area contributed by atoms with Gasteiger partial charge in [-0.1, -0.05) is 5.16 Å². The van der Waals surface area contributed by atoms with Crippen molar-refractivity contribution in [2.24, 2.45) is 12.8 Å². The van der Waals surface area contributed by atoms with Crippen molar-refractivity contribution in [3.05, 3.63) is 23.7 Å². The number of nitrogens with zero attached hydrogens (tertiary/aromatic N) is 3. The van der Waals surface area contributed by atoms with Crippen LogP contribution in [0, 0.1) is 6.92 Å². The summed E-state index contributed by atoms with van der Waals surface area (Å²) in [6.07, 6.45) is 3.03. The summed E-state index contributed by atoms with van der Waals surface area (Å²) in [6, 6.07) is 4.01. The van der Waals surface area contributed by atoms with Crippen LogP contribution in [0.2, 0.25) is 0 Å². The van der Waals surface area contributed by atoms with E-state index in [2.05, 4.69) is 10.1 Å². The smallest absolute Gasteiger partial charge is 0.274 e. The van der Waals surface area contributed by atoms with Crippen LogP contribution >= 0.6 is 0 Å². The molecule has 0 aromatic carbocycles. The Kier molecular flexibility index (Phi) is 2.13. The third-order valence-corrected chi connectivity index (χ3v) is 3.71. The van der Waals surface area contributed by atoms with Crippen LogP contribution in [-0.4, -0.2) is 14.7 Å². The van der Waals surface area contributed by atoms with Crippen LogP contribution in [0.5, 0.6) is 0 Å². The third kappa shape index (κ3) is 1.50. The molecule has 0 radical (unpaired) electrons. The van der Waals surface area contributed by atoms with E-state index in [1.807, 2.05) is 30.7 Å². The predicted molar refractivity (Wildman–Crippen MR) is 63.2 cm³/mol. The molecule has 2 heterocycles. The summed E-state index contributed by atoms with van der Waals surface area (Å²) in [7, 11) is 1.98. The standard InChI is InChI=1S/C12H16N4O/c1-8-4-5-9(16(8)2)10-14-11(15-17-10)12(13)6-3-7-12/h4-5H,3,6-7,13H2,1-2H3. The average Bonchev–Trinajstić information content (AvgIpc) is 2.85. The molecule has 1 aliphatic rings. The molecule has 3 rings (SSSR count). The summed E-state index contributed by atoms with van der Waals surface area (Å²) in [5, 5.41) is 4.01. The van der Waals surface area contributed by atoms with E-state index in [4.69, 9.17) is 10.3 Å². The first-order valence-electron chi connectivity index (χ1n) is 5.86. The Hall–Kier alpha value is -1.62. The van der Waals surface area contributed by atoms with Crippen molar-refractivity contribution in [1.82, 2.24) is 14.7 Å². The average molecular weight is 232 g/mol. The maximum Gasteiger partial charge on any atom is 0.274 e. The van der Waals surface area contributed by atoms with Gasteiger partial charge in [-0.2, -0.15) is 4.98 Å². The van der Waals surface area contributed by atoms with Gasteiger partial charge in [-0.25, -0.2) is 0 Å². The maximum atomic E-state index is 6.17. The van der Waals surface area contributed by atoms with Crippen LogP contribution in [0.25, 0.3) is 11.6 Å². The van der Waals surface area contributed by atoms with Crippen molar-refractivity contribution in [2.75, 3.05) is 0 Å². The van der Waals surface area contributed by atoms with Crippen LogP contribution in [0.3, 0.4) is 0 Å². The van der Waals surface area contributed by atoms with Crippen molar-refractivity contribution in [2.45, 2.75) is 31.7 Å². The molecular formula is C12H16N4O. The molecule has 0 saturated heterocycles. The molecule has 0 amide bonds. The number of nitrogens with two attached hydrogens (primary N) is 1. The maximum absolute atomic E-state index is 6.17. The molecule has 1 saturated carbocycles. The molecule has 2 aromatic heterocycles. The lowest BCUT2D eigenvalue weighted by molar-refractivity contribution is 0.229. The zero-order valence-corrected chi connectivity index (χ0v) is 10.1. The van der Waals surface area contributed by atoms with Crippen LogP contribution in [0.4, 0.5) is 0 Å². The van der Waals surface area contributed by atoms with Crippen molar-refractivity contribution in [1.29, 1.82) is 0 Å². The van der Waals surface area contributed by atoms with Gasteiger partial charge in [0.2, 0.25) is 0 Å². The molecule has 0 spiro atoms. The first-order valence-corrected chi connectivity index (χ1v) is 5.86. The monoisotopic (exact) mass is 232 g/mol. The summed E-state index contributed by atoms with van der Waals surface area (Å²) < 4.78 is 7.33. The fourth-order valence-electron chi connectivity index (χ4n) is 2.14. The Balaban J connectivity index is 1.98. The summed E-state index contributed by atoms with van der Waals surface area (Å²) in [5.74, 6) is 1.19. The largest absolute Gasteiger partial charge is 0.344 e. The van der Waals surface area contributed by atoms with Gasteiger partial charge in [0.15, 0.2) is 5.82 Å². The third-order valence-electron chi connectivity index (χ3n) is 3.71. The number of hydrogen-bond donors (Lipinski definition) is 1. The Labute approximate surface area is 99.6 Å². The molecule has 2 aromatic rings. The zero-order chi connectivity index (χ0) is 12.0. The highest BCUT2D eigenvalue weighted by Crippen LogP contribution is 2.37. The molecule has 0 aliphatic heterocycles. The number of aryl methyl sites for hydroxylation is 1. The van der Waals surface area contributed by atoms with E-state index in [1.165, 1.54) is 0 Å². The van der Waals surface area contributed by atoms with Gasteiger partial charge in [0.25, 0.3) is 5.89 Å². The highest BCUT2D eigenvalue weighted by atomic mass is 16.5. The molecule has 90 valence electrons. The summed E-state index contributed by atoms with van der Waals surface area (Å²) >= 11 is 0. The van der Waals surface area contributed by atoms with E-state index in [0.717, 1.165) is 30.7 Å². The molecule has 1 fully saturated rings. The quantitative estimate of drug-likeness (QED) is 0.855. The summed E-state index contributed by atoms with van der Waals surface area (Å²) in [5.41, 5.74) is 7.90. The first kappa shape index (κ1) is 10.5. The number of rotatable bonds is 2. The molecule has 2 N–H and O–H groups in total. The minimum Gasteiger partial charge on any atom is -0.344 e. The van der Waals surface area contributed by atoms with E-state index in [9.17, 15) is 0 Å². The van der Waals surface area contributed by atoms with Crippen LogP contribution in [0.15, 0.2) is 16.7 Å². The number of aromatic nitrogens is 3. The Bertz CT molecular complexity index is 551. The molecule has 5 heteroatoms. The minimum absolute atomic E-state index is 0.359. The predicted octanol–water partition coefficient (Wildman–Crippen LogP) is 1.72. The lowest BCUT2D eigenvalue weighted by Crippen LogP contribution is -2.44. The van der Waals surface area contributed by atoms with Crippen molar-refractivity contribution < 1.29 is 4.52 Å². The first-order chi connectivity index (χ1) is 8.10. The van der Waals surface area contributed by atoms with Gasteiger partial charge in [0, 0.05) is 12.7 Å². The minimum atomic E-state index is -0.359. The topological polar surface area (TPSA) is 69.9 Å². The van der Waals surface area contributed by atoms with E-state index in [-0.39, 0.29) is 5.54 Å². The fourth-order valence-corrected chi connectivity index (χ4v) is 2.14. The van der Waals surface area contributed by atoms with Gasteiger partial charge in [-0.3, -0.25) is 0 Å². The van der Waals surface area contributed by atoms with E-state index in [0.29, 0.717) is 11.7 Å². The molecule has 0 atom stereocenters. The van der Waals surface area contributed by atoms with E-state index < -0.39 is 0 Å². The number of hydrogen-bond acceptors (Lipinski definition) is 4. The molecule has 5 nitrogen and oxygen atoms in total. The van der Waals surface area contributed by atoms with E-state index in [1.54, 1.807) is 0 Å². The van der Waals surface area contributed by atoms with Crippen molar-refractivity contribution in [3.63, 3.8) is 0 Å². The van der Waals surface area contributed by atoms with Crippen molar-refractivity contribution >= 4 is 0 Å². The van der Waals surface area contributed by atoms with Gasteiger partial charge >= 0.3 is 0 Å². The van der Waals surface area contributed by atoms with E-state index >= 15 is 0 Å². The van der Waals surface area contributed by atoms with Gasteiger partial charge in [0.05, 0.1) is 5.54 Å². The fraction of sp³-hybridized carbons (Fsp3) is 0.500. The second-order valence-corrected chi connectivity index (χ2v) is 4.85. The molecular weight excluding hydrogens is 216 g/mol. The lowest BCUT2D eigenvalue weighted by Gasteiger charge is -2.34. The SMILES string of the molecule is Cc1ccc(-c2nc(C3(N)CCC3)no2)n1C. The Morgan fingerprint density at radius 1 is 1.41 bits per heavy atom. The molecule has 17 heavy (non-hydrogen) atoms. The van der Waals surface area contributed by atoms with Crippen LogP contribution < -0.4 is 5.73 Å². The molecule has 0 unspecified atom stereocenters.